The molecule has 2 heteroatoms. The van der Waals surface area contributed by atoms with Gasteiger partial charge in [-0.1, -0.05) is 170 Å². The van der Waals surface area contributed by atoms with E-state index in [9.17, 15) is 0 Å². The molecule has 0 saturated heterocycles. The molecule has 58 heavy (non-hydrogen) atoms. The molecule has 10 aromatic rings. The van der Waals surface area contributed by atoms with E-state index >= 15 is 0 Å². The molecule has 9 aromatic carbocycles. The van der Waals surface area contributed by atoms with E-state index in [-0.39, 0.29) is 0 Å². The molecule has 0 atom stereocenters. The molecule has 0 unspecified atom stereocenters. The number of rotatable bonds is 8. The van der Waals surface area contributed by atoms with Gasteiger partial charge in [-0.3, -0.25) is 0 Å². The van der Waals surface area contributed by atoms with Crippen molar-refractivity contribution in [3.63, 3.8) is 0 Å². The Bertz CT molecular complexity index is 3030. The second-order valence-electron chi connectivity index (χ2n) is 15.0. The van der Waals surface area contributed by atoms with E-state index in [1.165, 1.54) is 55.6 Å². The molecule has 0 spiro atoms. The number of benzene rings is 9. The highest BCUT2D eigenvalue weighted by atomic mass is 16.3. The van der Waals surface area contributed by atoms with Crippen LogP contribution >= 0.6 is 0 Å². The van der Waals surface area contributed by atoms with Crippen molar-refractivity contribution in [1.82, 2.24) is 0 Å². The van der Waals surface area contributed by atoms with Crippen molar-refractivity contribution in [3.05, 3.63) is 223 Å². The number of hydrogen-bond acceptors (Lipinski definition) is 2. The molecule has 0 bridgehead atoms. The molecule has 0 aliphatic rings. The van der Waals surface area contributed by atoms with Crippen LogP contribution in [0.2, 0.25) is 0 Å². The summed E-state index contributed by atoms with van der Waals surface area (Å²) in [6.07, 6.45) is 0. The lowest BCUT2D eigenvalue weighted by atomic mass is 9.92. The Balaban J connectivity index is 0.989. The lowest BCUT2D eigenvalue weighted by Crippen LogP contribution is -2.10. The molecule has 0 radical (unpaired) electrons. The van der Waals surface area contributed by atoms with Crippen molar-refractivity contribution < 1.29 is 4.42 Å². The molecule has 0 amide bonds. The van der Waals surface area contributed by atoms with Crippen molar-refractivity contribution in [2.24, 2.45) is 0 Å². The minimum absolute atomic E-state index is 0.917. The maximum absolute atomic E-state index is 6.39. The summed E-state index contributed by atoms with van der Waals surface area (Å²) in [4.78, 5) is 2.36. The van der Waals surface area contributed by atoms with Gasteiger partial charge in [0.05, 0.1) is 0 Å². The van der Waals surface area contributed by atoms with E-state index < -0.39 is 0 Å². The molecular weight excluding hydrogens is 703 g/mol. The molecule has 10 rings (SSSR count). The summed E-state index contributed by atoms with van der Waals surface area (Å²) in [5.41, 5.74) is 19.6. The van der Waals surface area contributed by atoms with Gasteiger partial charge in [-0.2, -0.15) is 0 Å². The molecule has 0 fully saturated rings. The average Bonchev–Trinajstić information content (AvgIpc) is 3.67. The molecule has 0 aliphatic carbocycles. The quantitative estimate of drug-likeness (QED) is 0.154. The number of nitrogens with zero attached hydrogens (tertiary/aromatic N) is 1. The van der Waals surface area contributed by atoms with Crippen LogP contribution in [0.5, 0.6) is 0 Å². The van der Waals surface area contributed by atoms with Crippen LogP contribution in [0.25, 0.3) is 77.6 Å². The molecule has 1 heterocycles. The predicted molar refractivity (Wildman–Crippen MR) is 245 cm³/mol. The van der Waals surface area contributed by atoms with Gasteiger partial charge in [0, 0.05) is 33.4 Å². The number of furan rings is 1. The van der Waals surface area contributed by atoms with Crippen LogP contribution < -0.4 is 4.90 Å². The van der Waals surface area contributed by atoms with Gasteiger partial charge in [0.2, 0.25) is 0 Å². The Kier molecular flexibility index (Phi) is 9.01. The highest BCUT2D eigenvalue weighted by Gasteiger charge is 2.17. The Morgan fingerprint density at radius 1 is 0.310 bits per heavy atom. The molecule has 1 aromatic heterocycles. The number of hydrogen-bond donors (Lipinski definition) is 0. The topological polar surface area (TPSA) is 16.4 Å². The highest BCUT2D eigenvalue weighted by Crippen LogP contribution is 2.41. The summed E-state index contributed by atoms with van der Waals surface area (Å²) in [6, 6.07) is 76.1. The lowest BCUT2D eigenvalue weighted by molar-refractivity contribution is 0.670. The van der Waals surface area contributed by atoms with Gasteiger partial charge in [-0.15, -0.1) is 0 Å². The van der Waals surface area contributed by atoms with Gasteiger partial charge in [-0.25, -0.2) is 0 Å². The fourth-order valence-electron chi connectivity index (χ4n) is 8.37. The third-order valence-corrected chi connectivity index (χ3v) is 11.4. The second kappa shape index (κ2) is 14.9. The minimum Gasteiger partial charge on any atom is -0.455 e. The third kappa shape index (κ3) is 6.55. The molecule has 0 N–H and O–H groups in total. The van der Waals surface area contributed by atoms with Gasteiger partial charge >= 0.3 is 0 Å². The summed E-state index contributed by atoms with van der Waals surface area (Å²) in [5, 5.41) is 2.29. The van der Waals surface area contributed by atoms with Crippen molar-refractivity contribution in [2.45, 2.75) is 13.8 Å². The first-order chi connectivity index (χ1) is 28.6. The summed E-state index contributed by atoms with van der Waals surface area (Å²) in [7, 11) is 0. The van der Waals surface area contributed by atoms with E-state index in [0.29, 0.717) is 0 Å². The Morgan fingerprint density at radius 2 is 0.741 bits per heavy atom. The van der Waals surface area contributed by atoms with Crippen molar-refractivity contribution in [1.29, 1.82) is 0 Å². The SMILES string of the molecule is Cc1cc(-c2cccc3c2oc2ccccc23)ccc1-c1ccc(N(c2ccc(-c3ccccc3)cc2)c2ccc(-c3ccc(-c4ccccc4)cc3)cc2)cc1C. The smallest absolute Gasteiger partial charge is 0.143 e. The van der Waals surface area contributed by atoms with Crippen molar-refractivity contribution >= 4 is 39.0 Å². The first kappa shape index (κ1) is 35.0. The van der Waals surface area contributed by atoms with Crippen LogP contribution in [0.1, 0.15) is 11.1 Å². The van der Waals surface area contributed by atoms with E-state index in [4.69, 9.17) is 4.42 Å². The van der Waals surface area contributed by atoms with Crippen LogP contribution in [-0.4, -0.2) is 0 Å². The molecular formula is C56H41NO. The molecule has 0 aliphatic heterocycles. The highest BCUT2D eigenvalue weighted by molar-refractivity contribution is 6.09. The first-order valence-electron chi connectivity index (χ1n) is 19.9. The van der Waals surface area contributed by atoms with Gasteiger partial charge in [0.15, 0.2) is 0 Å². The van der Waals surface area contributed by atoms with Gasteiger partial charge in [-0.05, 0) is 118 Å². The maximum Gasteiger partial charge on any atom is 0.143 e. The average molecular weight is 744 g/mol. The van der Waals surface area contributed by atoms with E-state index in [1.54, 1.807) is 0 Å². The number of fused-ring (bicyclic) bond motifs is 3. The fourth-order valence-corrected chi connectivity index (χ4v) is 8.37. The van der Waals surface area contributed by atoms with Crippen LogP contribution in [-0.2, 0) is 0 Å². The fraction of sp³-hybridized carbons (Fsp3) is 0.0357. The Labute approximate surface area is 339 Å². The maximum atomic E-state index is 6.39. The van der Waals surface area contributed by atoms with Gasteiger partial charge in [0.25, 0.3) is 0 Å². The summed E-state index contributed by atoms with van der Waals surface area (Å²) < 4.78 is 6.39. The normalized spacial score (nSPS) is 11.3. The lowest BCUT2D eigenvalue weighted by Gasteiger charge is -2.27. The van der Waals surface area contributed by atoms with Crippen LogP contribution in [0.3, 0.4) is 0 Å². The standard InChI is InChI=1S/C56H41NO/c1-38-36-46(52-17-11-18-54-53-16-9-10-19-55(53)58-56(52)54)28-34-50(38)51-35-33-49(37-39(51)2)57(47-29-24-44(25-30-47)41-14-7-4-8-15-41)48-31-26-45(27-32-48)43-22-20-42(21-23-43)40-12-5-3-6-13-40/h3-37H,1-2H3. The summed E-state index contributed by atoms with van der Waals surface area (Å²) >= 11 is 0. The molecule has 2 nitrogen and oxygen atoms in total. The van der Waals surface area contributed by atoms with Crippen LogP contribution in [0.15, 0.2) is 217 Å². The summed E-state index contributed by atoms with van der Waals surface area (Å²) in [6.45, 7) is 4.43. The minimum atomic E-state index is 0.917. The molecule has 276 valence electrons. The predicted octanol–water partition coefficient (Wildman–Crippen LogP) is 16.0. The zero-order chi connectivity index (χ0) is 39.0. The Hall–Kier alpha value is -7.42. The third-order valence-electron chi connectivity index (χ3n) is 11.4. The van der Waals surface area contributed by atoms with Crippen molar-refractivity contribution in [3.8, 4) is 55.6 Å². The number of anilines is 3. The van der Waals surface area contributed by atoms with E-state index in [0.717, 1.165) is 50.1 Å². The van der Waals surface area contributed by atoms with Gasteiger partial charge in [0.1, 0.15) is 11.2 Å². The Morgan fingerprint density at radius 3 is 1.29 bits per heavy atom. The molecule has 0 saturated carbocycles. The monoisotopic (exact) mass is 743 g/mol. The zero-order valence-corrected chi connectivity index (χ0v) is 32.6. The van der Waals surface area contributed by atoms with Gasteiger partial charge < -0.3 is 9.32 Å². The second-order valence-corrected chi connectivity index (χ2v) is 15.0. The summed E-state index contributed by atoms with van der Waals surface area (Å²) in [5.74, 6) is 0. The van der Waals surface area contributed by atoms with E-state index in [2.05, 4.69) is 219 Å². The van der Waals surface area contributed by atoms with E-state index in [1.807, 2.05) is 12.1 Å². The van der Waals surface area contributed by atoms with Crippen molar-refractivity contribution in [2.75, 3.05) is 4.90 Å². The number of para-hydroxylation sites is 2. The number of aryl methyl sites for hydroxylation is 2. The largest absolute Gasteiger partial charge is 0.455 e. The zero-order valence-electron chi connectivity index (χ0n) is 32.6. The first-order valence-corrected chi connectivity index (χ1v) is 19.9. The van der Waals surface area contributed by atoms with Crippen LogP contribution in [0, 0.1) is 13.8 Å². The van der Waals surface area contributed by atoms with Crippen LogP contribution in [0.4, 0.5) is 17.1 Å².